The highest BCUT2D eigenvalue weighted by Crippen LogP contribution is 2.15. The Bertz CT molecular complexity index is 260. The fourth-order valence-electron chi connectivity index (χ4n) is 1.12. The van der Waals surface area contributed by atoms with Gasteiger partial charge in [-0.1, -0.05) is 13.8 Å². The van der Waals surface area contributed by atoms with Crippen LogP contribution in [0.5, 0.6) is 0 Å². The Morgan fingerprint density at radius 2 is 2.21 bits per heavy atom. The first-order chi connectivity index (χ1) is 6.70. The number of hydrogen-bond acceptors (Lipinski definition) is 3. The summed E-state index contributed by atoms with van der Waals surface area (Å²) in [6, 6.07) is 2.42. The lowest BCUT2D eigenvalue weighted by atomic mass is 10.3. The molecule has 0 bridgehead atoms. The van der Waals surface area contributed by atoms with E-state index in [4.69, 9.17) is 16.0 Å². The molecule has 1 rings (SSSR count). The van der Waals surface area contributed by atoms with E-state index in [0.717, 1.165) is 25.2 Å². The zero-order chi connectivity index (χ0) is 10.4. The van der Waals surface area contributed by atoms with Gasteiger partial charge in [-0.2, -0.15) is 0 Å². The highest BCUT2D eigenvalue weighted by molar-refractivity contribution is 6.29. The topological polar surface area (TPSA) is 37.2 Å². The predicted octanol–water partition coefficient (Wildman–Crippen LogP) is 2.02. The molecule has 0 aliphatic rings. The van der Waals surface area contributed by atoms with Crippen molar-refractivity contribution in [3.63, 3.8) is 0 Å². The highest BCUT2D eigenvalue weighted by Gasteiger charge is 2.01. The van der Waals surface area contributed by atoms with Gasteiger partial charge in [0.15, 0.2) is 5.22 Å². The molecule has 0 aliphatic carbocycles. The van der Waals surface area contributed by atoms with E-state index in [1.807, 2.05) is 6.07 Å². The van der Waals surface area contributed by atoms with Crippen LogP contribution >= 0.6 is 11.6 Å². The van der Waals surface area contributed by atoms with Crippen molar-refractivity contribution >= 4 is 11.6 Å². The van der Waals surface area contributed by atoms with E-state index in [1.165, 1.54) is 0 Å². The first-order valence-electron chi connectivity index (χ1n) is 4.86. The summed E-state index contributed by atoms with van der Waals surface area (Å²) in [7, 11) is 0. The molecule has 1 heterocycles. The Hall–Kier alpha value is -0.510. The van der Waals surface area contributed by atoms with Crippen LogP contribution < -0.4 is 10.6 Å². The van der Waals surface area contributed by atoms with Crippen LogP contribution in [0.15, 0.2) is 16.7 Å². The average Bonchev–Trinajstić information content (AvgIpc) is 2.51. The molecule has 0 radical (unpaired) electrons. The molecule has 4 heteroatoms. The zero-order valence-electron chi connectivity index (χ0n) is 8.64. The molecule has 0 saturated heterocycles. The van der Waals surface area contributed by atoms with Crippen LogP contribution in [0, 0.1) is 0 Å². The molecule has 3 nitrogen and oxygen atoms in total. The van der Waals surface area contributed by atoms with Crippen molar-refractivity contribution in [2.75, 3.05) is 13.1 Å². The monoisotopic (exact) mass is 216 g/mol. The summed E-state index contributed by atoms with van der Waals surface area (Å²) < 4.78 is 4.97. The first kappa shape index (κ1) is 11.6. The van der Waals surface area contributed by atoms with Crippen molar-refractivity contribution in [2.45, 2.75) is 26.4 Å². The second kappa shape index (κ2) is 6.06. The minimum Gasteiger partial charge on any atom is -0.453 e. The molecule has 0 amide bonds. The maximum atomic E-state index is 5.78. The molecule has 0 aromatic carbocycles. The van der Waals surface area contributed by atoms with Crippen molar-refractivity contribution in [2.24, 2.45) is 0 Å². The molecule has 0 aliphatic heterocycles. The van der Waals surface area contributed by atoms with E-state index < -0.39 is 0 Å². The van der Waals surface area contributed by atoms with Crippen LogP contribution in [0.4, 0.5) is 0 Å². The van der Waals surface area contributed by atoms with Crippen LogP contribution in [0.2, 0.25) is 5.22 Å². The summed E-state index contributed by atoms with van der Waals surface area (Å²) in [5, 5.41) is 7.08. The van der Waals surface area contributed by atoms with Gasteiger partial charge in [-0.3, -0.25) is 0 Å². The van der Waals surface area contributed by atoms with Gasteiger partial charge in [-0.25, -0.2) is 0 Å². The smallest absolute Gasteiger partial charge is 0.197 e. The normalized spacial score (nSPS) is 11.1. The van der Waals surface area contributed by atoms with Crippen molar-refractivity contribution in [3.05, 3.63) is 23.1 Å². The molecule has 1 aromatic rings. The molecular weight excluding hydrogens is 200 g/mol. The Morgan fingerprint density at radius 1 is 1.43 bits per heavy atom. The molecule has 80 valence electrons. The zero-order valence-corrected chi connectivity index (χ0v) is 9.40. The Balaban J connectivity index is 2.08. The van der Waals surface area contributed by atoms with E-state index in [-0.39, 0.29) is 0 Å². The summed E-state index contributed by atoms with van der Waals surface area (Å²) in [5.41, 5.74) is 1.01. The second-order valence-electron chi connectivity index (χ2n) is 3.51. The van der Waals surface area contributed by atoms with Gasteiger partial charge < -0.3 is 15.1 Å². The standard InChI is InChI=1S/C10H17ClN2O/c1-8(2)13-5-4-12-7-9-3-6-14-10(9)11/h3,6,8,12-13H,4-5,7H2,1-2H3. The molecule has 0 unspecified atom stereocenters. The number of furan rings is 1. The van der Waals surface area contributed by atoms with Crippen LogP contribution in [-0.2, 0) is 6.54 Å². The van der Waals surface area contributed by atoms with E-state index in [0.29, 0.717) is 11.3 Å². The van der Waals surface area contributed by atoms with Gasteiger partial charge in [-0.05, 0) is 17.7 Å². The fourth-order valence-corrected chi connectivity index (χ4v) is 1.30. The maximum absolute atomic E-state index is 5.78. The van der Waals surface area contributed by atoms with Crippen molar-refractivity contribution in [1.82, 2.24) is 10.6 Å². The van der Waals surface area contributed by atoms with Gasteiger partial charge in [0.25, 0.3) is 0 Å². The number of nitrogens with one attached hydrogen (secondary N) is 2. The van der Waals surface area contributed by atoms with Gasteiger partial charge >= 0.3 is 0 Å². The molecule has 2 N–H and O–H groups in total. The number of hydrogen-bond donors (Lipinski definition) is 2. The van der Waals surface area contributed by atoms with Gasteiger partial charge in [0.2, 0.25) is 0 Å². The lowest BCUT2D eigenvalue weighted by molar-refractivity contribution is 0.546. The minimum absolute atomic E-state index is 0.481. The lowest BCUT2D eigenvalue weighted by Gasteiger charge is -2.08. The summed E-state index contributed by atoms with van der Waals surface area (Å²) in [4.78, 5) is 0. The van der Waals surface area contributed by atoms with Crippen molar-refractivity contribution in [1.29, 1.82) is 0 Å². The largest absolute Gasteiger partial charge is 0.453 e. The average molecular weight is 217 g/mol. The van der Waals surface area contributed by atoms with Gasteiger partial charge in [-0.15, -0.1) is 0 Å². The van der Waals surface area contributed by atoms with Crippen LogP contribution in [0.1, 0.15) is 19.4 Å². The van der Waals surface area contributed by atoms with E-state index >= 15 is 0 Å². The fraction of sp³-hybridized carbons (Fsp3) is 0.600. The molecule has 0 atom stereocenters. The Labute approximate surface area is 89.8 Å². The molecule has 0 spiro atoms. The quantitative estimate of drug-likeness (QED) is 0.715. The highest BCUT2D eigenvalue weighted by atomic mass is 35.5. The molecule has 1 aromatic heterocycles. The van der Waals surface area contributed by atoms with Crippen LogP contribution in [0.3, 0.4) is 0 Å². The minimum atomic E-state index is 0.481. The summed E-state index contributed by atoms with van der Waals surface area (Å²) in [5.74, 6) is 0. The molecule has 14 heavy (non-hydrogen) atoms. The van der Waals surface area contributed by atoms with E-state index in [2.05, 4.69) is 24.5 Å². The third-order valence-corrected chi connectivity index (χ3v) is 2.19. The molecular formula is C10H17ClN2O. The molecule has 0 fully saturated rings. The second-order valence-corrected chi connectivity index (χ2v) is 3.85. The lowest BCUT2D eigenvalue weighted by Crippen LogP contribution is -2.31. The number of rotatable bonds is 6. The SMILES string of the molecule is CC(C)NCCNCc1ccoc1Cl. The summed E-state index contributed by atoms with van der Waals surface area (Å²) >= 11 is 5.78. The van der Waals surface area contributed by atoms with E-state index in [9.17, 15) is 0 Å². The van der Waals surface area contributed by atoms with Crippen molar-refractivity contribution in [3.8, 4) is 0 Å². The third kappa shape index (κ3) is 4.13. The van der Waals surface area contributed by atoms with Gasteiger partial charge in [0, 0.05) is 31.2 Å². The Kier molecular flexibility index (Phi) is 5.01. The summed E-state index contributed by atoms with van der Waals surface area (Å²) in [6.07, 6.45) is 1.60. The van der Waals surface area contributed by atoms with Gasteiger partial charge in [0.1, 0.15) is 0 Å². The Morgan fingerprint density at radius 3 is 2.79 bits per heavy atom. The van der Waals surface area contributed by atoms with Crippen LogP contribution in [-0.4, -0.2) is 19.1 Å². The third-order valence-electron chi connectivity index (χ3n) is 1.86. The molecule has 0 saturated carbocycles. The first-order valence-corrected chi connectivity index (χ1v) is 5.24. The number of halogens is 1. The van der Waals surface area contributed by atoms with E-state index in [1.54, 1.807) is 6.26 Å². The van der Waals surface area contributed by atoms with Crippen molar-refractivity contribution < 1.29 is 4.42 Å². The van der Waals surface area contributed by atoms with Gasteiger partial charge in [0.05, 0.1) is 6.26 Å². The van der Waals surface area contributed by atoms with Crippen LogP contribution in [0.25, 0.3) is 0 Å². The predicted molar refractivity (Wildman–Crippen MR) is 58.6 cm³/mol. The maximum Gasteiger partial charge on any atom is 0.197 e. The summed E-state index contributed by atoms with van der Waals surface area (Å²) in [6.45, 7) is 6.92.